The highest BCUT2D eigenvalue weighted by molar-refractivity contribution is 5.98. The summed E-state index contributed by atoms with van der Waals surface area (Å²) in [6, 6.07) is 3.76. The van der Waals surface area contributed by atoms with E-state index >= 15 is 0 Å². The number of carboxylic acid groups (broad SMARTS) is 2. The van der Waals surface area contributed by atoms with Gasteiger partial charge >= 0.3 is 11.9 Å². The fourth-order valence-corrected chi connectivity index (χ4v) is 9.68. The lowest BCUT2D eigenvalue weighted by Crippen LogP contribution is -2.50. The van der Waals surface area contributed by atoms with Crippen LogP contribution in [0.3, 0.4) is 0 Å². The summed E-state index contributed by atoms with van der Waals surface area (Å²) >= 11 is 0. The number of hydrogen-bond acceptors (Lipinski definition) is 16. The minimum absolute atomic E-state index is 0.0139. The number of amides is 5. The second-order valence-electron chi connectivity index (χ2n) is 22.1. The lowest BCUT2D eigenvalue weighted by Gasteiger charge is -2.28. The van der Waals surface area contributed by atoms with E-state index in [1.807, 2.05) is 0 Å². The molecule has 28 nitrogen and oxygen atoms in total. The molecule has 0 aliphatic carbocycles. The molecule has 1 heterocycles. The van der Waals surface area contributed by atoms with E-state index in [1.54, 1.807) is 58.0 Å². The zero-order valence-electron chi connectivity index (χ0n) is 51.2. The van der Waals surface area contributed by atoms with Gasteiger partial charge in [-0.25, -0.2) is 4.98 Å². The molecule has 28 heteroatoms. The Morgan fingerprint density at radius 1 is 0.568 bits per heavy atom. The largest absolute Gasteiger partial charge is 0.481 e. The average molecular weight is 1240 g/mol. The van der Waals surface area contributed by atoms with E-state index in [0.29, 0.717) is 30.5 Å². The molecule has 0 spiro atoms. The Hall–Kier alpha value is -8.43. The van der Waals surface area contributed by atoms with E-state index in [9.17, 15) is 67.7 Å². The number of aliphatic carboxylic acids is 2. The van der Waals surface area contributed by atoms with Crippen LogP contribution in [0, 0.1) is 29.6 Å². The maximum Gasteiger partial charge on any atom is 0.303 e. The Bertz CT molecular complexity index is 2660. The third-order valence-electron chi connectivity index (χ3n) is 15.1. The number of unbranched alkanes of at least 4 members (excludes halogenated alkanes) is 1. The number of imidazole rings is 1. The molecule has 0 aliphatic rings. The van der Waals surface area contributed by atoms with Crippen molar-refractivity contribution in [1.29, 1.82) is 0 Å². The van der Waals surface area contributed by atoms with E-state index in [1.165, 1.54) is 12.5 Å². The second kappa shape index (κ2) is 41.6. The first-order valence-corrected chi connectivity index (χ1v) is 30.2. The van der Waals surface area contributed by atoms with Gasteiger partial charge in [-0.15, -0.1) is 0 Å². The third kappa shape index (κ3) is 30.3. The van der Waals surface area contributed by atoms with E-state index in [2.05, 4.69) is 46.5 Å². The molecule has 1 unspecified atom stereocenters. The van der Waals surface area contributed by atoms with Gasteiger partial charge in [-0.2, -0.15) is 0 Å². The van der Waals surface area contributed by atoms with Crippen molar-refractivity contribution in [3.05, 3.63) is 54.1 Å². The number of aromatic nitrogens is 2. The molecule has 1 aromatic heterocycles. The number of hydrogen-bond donors (Lipinski definition) is 13. The number of carboxylic acids is 2. The molecule has 5 amide bonds. The van der Waals surface area contributed by atoms with Crippen LogP contribution in [-0.2, 0) is 70.4 Å². The number of rotatable bonds is 48. The van der Waals surface area contributed by atoms with Crippen molar-refractivity contribution in [3.63, 3.8) is 0 Å². The number of guanidine groups is 2. The van der Waals surface area contributed by atoms with Gasteiger partial charge in [0.25, 0.3) is 0 Å². The standard InChI is InChI=1S/C60H94N14O14/c1-5-36(4)54(50(79)30-40(20-22-52(81)82)55(85)69-34-43(75)6-2)74-57(87)39(18-13-25-67-59(62)63)29-48(77)45(21-23-53(83)84)73-56(86)38(17-11-12-24-61)28-47(76)44(19-14-26-68-60(64)65)72-58(88)41(27-37-15-9-8-10-16-37)31-49(78)46(71-51(80)7-3)32-42-33-66-35-70-42/h8-10,15-16,33,35-36,38-41,44-46,54H,5-7,11-14,17-32,34,61H2,1-4H3,(H,66,70)(H,69,85)(H,71,80)(H,72,88)(H,73,86)(H,74,87)(H,81,82)(H,83,84)(H4,62,63,67)(H4,64,65,68)/t36-,38+,39+,40+,41+,44-,45-,46-,54?/m0/s1. The van der Waals surface area contributed by atoms with Gasteiger partial charge in [0.05, 0.1) is 37.0 Å². The molecule has 18 N–H and O–H groups in total. The molecule has 0 radical (unpaired) electrons. The fourth-order valence-electron chi connectivity index (χ4n) is 9.68. The first kappa shape index (κ1) is 75.7. The van der Waals surface area contributed by atoms with Crippen LogP contribution in [0.5, 0.6) is 0 Å². The van der Waals surface area contributed by atoms with Crippen molar-refractivity contribution < 1.29 is 67.7 Å². The zero-order chi connectivity index (χ0) is 65.7. The topological polar surface area (TPSA) is 489 Å². The Labute approximate surface area is 513 Å². The molecule has 9 atom stereocenters. The molecule has 0 bridgehead atoms. The lowest BCUT2D eigenvalue weighted by molar-refractivity contribution is -0.140. The molecule has 2 rings (SSSR count). The molecule has 88 heavy (non-hydrogen) atoms. The van der Waals surface area contributed by atoms with E-state index in [4.69, 9.17) is 28.7 Å². The normalized spacial score (nSPS) is 14.1. The number of aliphatic imine (C=N–C) groups is 2. The first-order valence-electron chi connectivity index (χ1n) is 30.2. The molecule has 488 valence electrons. The van der Waals surface area contributed by atoms with Crippen molar-refractivity contribution >= 4 is 82.3 Å². The molecule has 0 aliphatic heterocycles. The minimum Gasteiger partial charge on any atom is -0.481 e. The molecule has 1 aromatic carbocycles. The predicted octanol–water partition coefficient (Wildman–Crippen LogP) is 0.953. The van der Waals surface area contributed by atoms with Crippen LogP contribution >= 0.6 is 0 Å². The summed E-state index contributed by atoms with van der Waals surface area (Å²) in [6.45, 7) is 6.60. The Kier molecular flexibility index (Phi) is 35.8. The number of aromatic amines is 1. The number of benzene rings is 1. The third-order valence-corrected chi connectivity index (χ3v) is 15.1. The molecule has 0 fully saturated rings. The Morgan fingerprint density at radius 2 is 1.08 bits per heavy atom. The molecular weight excluding hydrogens is 1140 g/mol. The maximum absolute atomic E-state index is 14.7. The SMILES string of the molecule is CCC(=O)CNC(=O)[C@H](CCC(=O)O)CC(=O)C(NC(=O)[C@H](CCCN=C(N)N)CC(=O)[C@H](CCC(=O)O)NC(=O)[C@H](CCCCN)CC(=O)[C@H](CCCN=C(N)N)NC(=O)[C@@H](CC(=O)[C@H](Cc1cnc[nH]1)NC(=O)CC)Cc1ccccc1)[C@@H](C)CC. The van der Waals surface area contributed by atoms with Crippen molar-refractivity contribution in [2.75, 3.05) is 26.2 Å². The Balaban J connectivity index is 2.60. The van der Waals surface area contributed by atoms with Crippen molar-refractivity contribution in [1.82, 2.24) is 36.6 Å². The maximum atomic E-state index is 14.7. The second-order valence-corrected chi connectivity index (χ2v) is 22.1. The van der Waals surface area contributed by atoms with Crippen molar-refractivity contribution in [3.8, 4) is 0 Å². The highest BCUT2D eigenvalue weighted by Crippen LogP contribution is 2.24. The van der Waals surface area contributed by atoms with Crippen LogP contribution in [0.15, 0.2) is 52.8 Å². The molecule has 0 saturated heterocycles. The summed E-state index contributed by atoms with van der Waals surface area (Å²) in [5.74, 6) is -14.4. The van der Waals surface area contributed by atoms with Gasteiger partial charge in [0.15, 0.2) is 40.8 Å². The van der Waals surface area contributed by atoms with Crippen LogP contribution in [0.1, 0.15) is 155 Å². The van der Waals surface area contributed by atoms with Gasteiger partial charge in [0.2, 0.25) is 29.5 Å². The molecule has 2 aromatic rings. The molecule has 0 saturated carbocycles. The summed E-state index contributed by atoms with van der Waals surface area (Å²) in [7, 11) is 0. The van der Waals surface area contributed by atoms with Gasteiger partial charge in [-0.3, -0.25) is 67.5 Å². The number of H-pyrrole nitrogens is 1. The number of carbonyl (C=O) groups excluding carboxylic acids is 10. The van der Waals surface area contributed by atoms with Gasteiger partial charge in [-0.1, -0.05) is 70.9 Å². The van der Waals surface area contributed by atoms with Crippen LogP contribution in [0.25, 0.3) is 0 Å². The van der Waals surface area contributed by atoms with Gasteiger partial charge in [-0.05, 0) is 75.8 Å². The van der Waals surface area contributed by atoms with Crippen LogP contribution < -0.4 is 55.3 Å². The van der Waals surface area contributed by atoms with Crippen LogP contribution in [0.4, 0.5) is 0 Å². The lowest BCUT2D eigenvalue weighted by atomic mass is 9.86. The number of ketones is 5. The molecular formula is C60H94N14O14. The number of Topliss-reactive ketones (excluding diaryl/α,β-unsaturated/α-hetero) is 5. The van der Waals surface area contributed by atoms with Gasteiger partial charge < -0.3 is 70.4 Å². The minimum atomic E-state index is -1.53. The monoisotopic (exact) mass is 1230 g/mol. The summed E-state index contributed by atoms with van der Waals surface area (Å²) in [5.41, 5.74) is 29.4. The van der Waals surface area contributed by atoms with Gasteiger partial charge in [0.1, 0.15) is 0 Å². The highest BCUT2D eigenvalue weighted by atomic mass is 16.4. The summed E-state index contributed by atoms with van der Waals surface area (Å²) in [4.78, 5) is 178. The Morgan fingerprint density at radius 3 is 1.61 bits per heavy atom. The average Bonchev–Trinajstić information content (AvgIpc) is 4.09. The zero-order valence-corrected chi connectivity index (χ0v) is 51.2. The van der Waals surface area contributed by atoms with Crippen molar-refractivity contribution in [2.45, 2.75) is 180 Å². The number of nitrogens with one attached hydrogen (secondary N) is 6. The smallest absolute Gasteiger partial charge is 0.303 e. The quantitative estimate of drug-likeness (QED) is 0.0249. The van der Waals surface area contributed by atoms with E-state index in [0.717, 1.165) is 0 Å². The van der Waals surface area contributed by atoms with Crippen molar-refractivity contribution in [2.24, 2.45) is 68.2 Å². The van der Waals surface area contributed by atoms with Crippen LogP contribution in [0.2, 0.25) is 0 Å². The summed E-state index contributed by atoms with van der Waals surface area (Å²) < 4.78 is 0. The number of nitrogens with zero attached hydrogens (tertiary/aromatic N) is 3. The van der Waals surface area contributed by atoms with Crippen LogP contribution in [-0.4, -0.2) is 153 Å². The van der Waals surface area contributed by atoms with E-state index < -0.39 is 157 Å². The first-order chi connectivity index (χ1) is 41.8. The number of carbonyl (C=O) groups is 12. The fraction of sp³-hybridized carbons (Fsp3) is 0.617. The summed E-state index contributed by atoms with van der Waals surface area (Å²) in [5, 5.41) is 32.7. The predicted molar refractivity (Wildman–Crippen MR) is 327 cm³/mol. The van der Waals surface area contributed by atoms with E-state index in [-0.39, 0.29) is 115 Å². The van der Waals surface area contributed by atoms with Gasteiger partial charge in [0, 0.05) is 106 Å². The highest BCUT2D eigenvalue weighted by Gasteiger charge is 2.37. The number of nitrogens with two attached hydrogens (primary N) is 5. The summed E-state index contributed by atoms with van der Waals surface area (Å²) in [6.07, 6.45) is 0.847.